The van der Waals surface area contributed by atoms with E-state index in [4.69, 9.17) is 0 Å². The molecule has 3 nitrogen and oxygen atoms in total. The van der Waals surface area contributed by atoms with E-state index in [0.29, 0.717) is 6.29 Å². The van der Waals surface area contributed by atoms with E-state index < -0.39 is 0 Å². The fourth-order valence-electron chi connectivity index (χ4n) is 3.66. The lowest BCUT2D eigenvalue weighted by Gasteiger charge is -2.63. The smallest absolute Gasteiger partial charge is 0.119 e. The van der Waals surface area contributed by atoms with Gasteiger partial charge in [0.15, 0.2) is 0 Å². The molecule has 4 fully saturated rings. The van der Waals surface area contributed by atoms with Crippen molar-refractivity contribution in [3.63, 3.8) is 0 Å². The molecule has 0 unspecified atom stereocenters. The van der Waals surface area contributed by atoms with E-state index in [9.17, 15) is 0 Å². The maximum Gasteiger partial charge on any atom is 0.119 e. The molecule has 1 aliphatic carbocycles. The molecule has 0 spiro atoms. The molecular formula is C10H19N3. The minimum Gasteiger partial charge on any atom is -0.275 e. The Bertz CT molecular complexity index is 186. The summed E-state index contributed by atoms with van der Waals surface area (Å²) in [5.41, 5.74) is 0. The van der Waals surface area contributed by atoms with Gasteiger partial charge < -0.3 is 0 Å². The van der Waals surface area contributed by atoms with E-state index in [1.54, 1.807) is 0 Å². The van der Waals surface area contributed by atoms with Crippen LogP contribution in [0.15, 0.2) is 0 Å². The summed E-state index contributed by atoms with van der Waals surface area (Å²) in [4.78, 5) is 7.64. The molecule has 3 heterocycles. The maximum absolute atomic E-state index is 2.55. The van der Waals surface area contributed by atoms with Crippen molar-refractivity contribution >= 4 is 0 Å². The Balaban J connectivity index is 1.97. The van der Waals surface area contributed by atoms with Crippen LogP contribution in [0.5, 0.6) is 0 Å². The minimum absolute atomic E-state index is 0.580. The van der Waals surface area contributed by atoms with Crippen molar-refractivity contribution in [2.75, 3.05) is 21.1 Å². The molecule has 4 bridgehead atoms. The van der Waals surface area contributed by atoms with Gasteiger partial charge in [-0.2, -0.15) is 0 Å². The van der Waals surface area contributed by atoms with Crippen LogP contribution < -0.4 is 0 Å². The van der Waals surface area contributed by atoms with Crippen molar-refractivity contribution < 1.29 is 0 Å². The largest absolute Gasteiger partial charge is 0.275 e. The zero-order valence-electron chi connectivity index (χ0n) is 8.77. The Morgan fingerprint density at radius 1 is 0.692 bits per heavy atom. The molecule has 3 saturated heterocycles. The fourth-order valence-corrected chi connectivity index (χ4v) is 3.66. The van der Waals surface area contributed by atoms with Crippen LogP contribution in [0, 0.1) is 0 Å². The summed E-state index contributed by atoms with van der Waals surface area (Å²) < 4.78 is 0. The van der Waals surface area contributed by atoms with E-state index in [1.807, 2.05) is 0 Å². The number of hydrogen-bond donors (Lipinski definition) is 0. The topological polar surface area (TPSA) is 9.72 Å². The van der Waals surface area contributed by atoms with Crippen LogP contribution in [0.1, 0.15) is 19.3 Å². The molecule has 3 aliphatic heterocycles. The molecule has 1 saturated carbocycles. The molecule has 0 amide bonds. The molecule has 0 aromatic rings. The van der Waals surface area contributed by atoms with Crippen LogP contribution in [0.3, 0.4) is 0 Å². The van der Waals surface area contributed by atoms with Gasteiger partial charge in [0.2, 0.25) is 0 Å². The average Bonchev–Trinajstić information content (AvgIpc) is 2.12. The highest BCUT2D eigenvalue weighted by Gasteiger charge is 2.51. The molecule has 13 heavy (non-hydrogen) atoms. The molecule has 0 atom stereocenters. The van der Waals surface area contributed by atoms with Crippen molar-refractivity contribution in [3.8, 4) is 0 Å². The normalized spacial score (nSPS) is 51.9. The molecule has 4 aliphatic rings. The van der Waals surface area contributed by atoms with Crippen molar-refractivity contribution in [3.05, 3.63) is 0 Å². The fraction of sp³-hybridized carbons (Fsp3) is 1.00. The van der Waals surface area contributed by atoms with Gasteiger partial charge in [-0.1, -0.05) is 0 Å². The van der Waals surface area contributed by atoms with Gasteiger partial charge in [-0.05, 0) is 40.4 Å². The lowest BCUT2D eigenvalue weighted by molar-refractivity contribution is -0.204. The highest BCUT2D eigenvalue weighted by atomic mass is 15.6. The van der Waals surface area contributed by atoms with Gasteiger partial charge in [0.05, 0.1) is 0 Å². The second-order valence-corrected chi connectivity index (χ2v) is 5.01. The molecular weight excluding hydrogens is 162 g/mol. The Labute approximate surface area is 80.3 Å². The summed E-state index contributed by atoms with van der Waals surface area (Å²) >= 11 is 0. The lowest BCUT2D eigenvalue weighted by Crippen LogP contribution is -2.75. The predicted molar refractivity (Wildman–Crippen MR) is 52.3 cm³/mol. The van der Waals surface area contributed by atoms with Crippen molar-refractivity contribution in [1.29, 1.82) is 0 Å². The average molecular weight is 181 g/mol. The molecule has 4 rings (SSSR count). The third-order valence-corrected chi connectivity index (χ3v) is 4.45. The highest BCUT2D eigenvalue weighted by molar-refractivity contribution is 5.03. The summed E-state index contributed by atoms with van der Waals surface area (Å²) in [7, 11) is 6.83. The van der Waals surface area contributed by atoms with Crippen LogP contribution in [0.25, 0.3) is 0 Å². The van der Waals surface area contributed by atoms with E-state index >= 15 is 0 Å². The Morgan fingerprint density at radius 2 is 1.00 bits per heavy atom. The molecule has 0 N–H and O–H groups in total. The molecule has 0 aromatic carbocycles. The Morgan fingerprint density at radius 3 is 1.31 bits per heavy atom. The first kappa shape index (κ1) is 8.21. The summed E-state index contributed by atoms with van der Waals surface area (Å²) in [6.07, 6.45) is 4.77. The maximum atomic E-state index is 2.55. The minimum atomic E-state index is 0.580. The first-order chi connectivity index (χ1) is 6.18. The van der Waals surface area contributed by atoms with Crippen LogP contribution in [-0.2, 0) is 0 Å². The third kappa shape index (κ3) is 0.901. The summed E-state index contributed by atoms with van der Waals surface area (Å²) in [5, 5.41) is 0. The summed E-state index contributed by atoms with van der Waals surface area (Å²) in [6.45, 7) is 0. The SMILES string of the molecule is CN1C2CC3CC(C2)N(C)C1N3C. The highest BCUT2D eigenvalue weighted by Crippen LogP contribution is 2.41. The number of nitrogens with zero attached hydrogens (tertiary/aromatic N) is 3. The van der Waals surface area contributed by atoms with E-state index in [2.05, 4.69) is 35.8 Å². The quantitative estimate of drug-likeness (QED) is 0.535. The van der Waals surface area contributed by atoms with Crippen LogP contribution in [-0.4, -0.2) is 60.3 Å². The van der Waals surface area contributed by atoms with Crippen molar-refractivity contribution in [2.45, 2.75) is 43.7 Å². The number of hydrogen-bond acceptors (Lipinski definition) is 3. The van der Waals surface area contributed by atoms with Crippen molar-refractivity contribution in [1.82, 2.24) is 14.7 Å². The number of rotatable bonds is 0. The van der Waals surface area contributed by atoms with E-state index in [1.165, 1.54) is 19.3 Å². The standard InChI is InChI=1S/C10H19N3/c1-11-7-4-8-6-9(5-7)13(3)10(11)12(8)2/h7-10H,4-6H2,1-3H3. The molecule has 0 aromatic heterocycles. The van der Waals surface area contributed by atoms with Crippen LogP contribution >= 0.6 is 0 Å². The zero-order chi connectivity index (χ0) is 9.16. The van der Waals surface area contributed by atoms with Crippen LogP contribution in [0.2, 0.25) is 0 Å². The van der Waals surface area contributed by atoms with Gasteiger partial charge in [-0.25, -0.2) is 0 Å². The third-order valence-electron chi connectivity index (χ3n) is 4.45. The predicted octanol–water partition coefficient (Wildman–Crippen LogP) is 0.382. The van der Waals surface area contributed by atoms with Gasteiger partial charge in [0.1, 0.15) is 6.29 Å². The zero-order valence-corrected chi connectivity index (χ0v) is 8.77. The van der Waals surface area contributed by atoms with Gasteiger partial charge in [-0.15, -0.1) is 0 Å². The first-order valence-electron chi connectivity index (χ1n) is 5.34. The van der Waals surface area contributed by atoms with Crippen LogP contribution in [0.4, 0.5) is 0 Å². The van der Waals surface area contributed by atoms with Gasteiger partial charge >= 0.3 is 0 Å². The van der Waals surface area contributed by atoms with Gasteiger partial charge in [-0.3, -0.25) is 14.7 Å². The van der Waals surface area contributed by atoms with E-state index in [0.717, 1.165) is 18.1 Å². The van der Waals surface area contributed by atoms with Gasteiger partial charge in [0, 0.05) is 18.1 Å². The second-order valence-electron chi connectivity index (χ2n) is 5.01. The Hall–Kier alpha value is -0.120. The molecule has 3 heteroatoms. The summed E-state index contributed by atoms with van der Waals surface area (Å²) in [5.74, 6) is 0. The van der Waals surface area contributed by atoms with E-state index in [-0.39, 0.29) is 0 Å². The molecule has 74 valence electrons. The summed E-state index contributed by atoms with van der Waals surface area (Å²) in [6, 6.07) is 2.59. The lowest BCUT2D eigenvalue weighted by atomic mass is 9.79. The van der Waals surface area contributed by atoms with Gasteiger partial charge in [0.25, 0.3) is 0 Å². The van der Waals surface area contributed by atoms with Crippen molar-refractivity contribution in [2.24, 2.45) is 0 Å². The Kier molecular flexibility index (Phi) is 1.56. The first-order valence-corrected chi connectivity index (χ1v) is 5.34. The second kappa shape index (κ2) is 2.47. The molecule has 0 radical (unpaired) electrons. The monoisotopic (exact) mass is 181 g/mol.